The zero-order chi connectivity index (χ0) is 23.3. The number of amides is 1. The third-order valence-electron chi connectivity index (χ3n) is 5.40. The summed E-state index contributed by atoms with van der Waals surface area (Å²) in [7, 11) is 0. The van der Waals surface area contributed by atoms with Gasteiger partial charge >= 0.3 is 0 Å². The van der Waals surface area contributed by atoms with Crippen LogP contribution in [-0.2, 0) is 11.3 Å². The zero-order valence-corrected chi connectivity index (χ0v) is 19.6. The van der Waals surface area contributed by atoms with Crippen molar-refractivity contribution in [3.8, 4) is 11.3 Å². The van der Waals surface area contributed by atoms with Gasteiger partial charge in [0, 0.05) is 18.5 Å². The highest BCUT2D eigenvalue weighted by Gasteiger charge is 2.05. The highest BCUT2D eigenvalue weighted by atomic mass is 35.5. The number of aryl methyl sites for hydroxylation is 1. The van der Waals surface area contributed by atoms with Crippen LogP contribution in [0, 0.1) is 5.41 Å². The van der Waals surface area contributed by atoms with E-state index in [9.17, 15) is 4.79 Å². The summed E-state index contributed by atoms with van der Waals surface area (Å²) in [4.78, 5) is 12.1. The first kappa shape index (κ1) is 24.6. The molecule has 0 fully saturated rings. The van der Waals surface area contributed by atoms with E-state index < -0.39 is 0 Å². The Bertz CT molecular complexity index is 1050. The summed E-state index contributed by atoms with van der Waals surface area (Å²) >= 11 is 5.88. The fraction of sp³-hybridized carbons (Fsp3) is 0.400. The Morgan fingerprint density at radius 1 is 0.848 bits per heavy atom. The number of anilines is 1. The van der Waals surface area contributed by atoms with Crippen molar-refractivity contribution in [3.05, 3.63) is 65.2 Å². The normalized spacial score (nSPS) is 10.8. The maximum absolute atomic E-state index is 12.1. The Morgan fingerprint density at radius 3 is 2.24 bits per heavy atom. The molecule has 0 unspecified atom stereocenters. The number of benzene rings is 1. The van der Waals surface area contributed by atoms with Crippen LogP contribution in [0.3, 0.4) is 0 Å². The Balaban J connectivity index is 1.20. The van der Waals surface area contributed by atoms with Crippen molar-refractivity contribution in [3.63, 3.8) is 0 Å². The van der Waals surface area contributed by atoms with Crippen LogP contribution < -0.4 is 10.8 Å². The average molecular weight is 467 g/mol. The number of hydrogen-bond donors (Lipinski definition) is 2. The van der Waals surface area contributed by atoms with E-state index >= 15 is 0 Å². The molecule has 2 heterocycles. The standard InChI is InChI=1S/C25H31ClN6O/c26-22-16-17-23(27)32(31-22)19-11-6-4-2-1-3-5-10-14-25(33)28-24-18-15-21(29-30-24)20-12-8-7-9-13-20/h7-9,12-13,15-18,27H,1-6,10-11,14,19H2,(H,28,30,33). The minimum Gasteiger partial charge on any atom is -0.309 e. The summed E-state index contributed by atoms with van der Waals surface area (Å²) in [5.41, 5.74) is 2.18. The molecule has 2 aromatic heterocycles. The van der Waals surface area contributed by atoms with Gasteiger partial charge in [-0.2, -0.15) is 5.10 Å². The van der Waals surface area contributed by atoms with E-state index in [0.29, 0.717) is 22.9 Å². The van der Waals surface area contributed by atoms with Crippen LogP contribution in [0.2, 0.25) is 5.15 Å². The van der Waals surface area contributed by atoms with Crippen molar-refractivity contribution < 1.29 is 4.79 Å². The second-order valence-electron chi connectivity index (χ2n) is 8.06. The lowest BCUT2D eigenvalue weighted by molar-refractivity contribution is -0.116. The van der Waals surface area contributed by atoms with E-state index in [-0.39, 0.29) is 5.91 Å². The van der Waals surface area contributed by atoms with Crippen molar-refractivity contribution in [1.29, 1.82) is 5.41 Å². The van der Waals surface area contributed by atoms with Crippen molar-refractivity contribution in [2.75, 3.05) is 5.32 Å². The topological polar surface area (TPSA) is 96.5 Å². The number of halogens is 1. The summed E-state index contributed by atoms with van der Waals surface area (Å²) in [5.74, 6) is 0.473. The number of rotatable bonds is 13. The summed E-state index contributed by atoms with van der Waals surface area (Å²) in [6, 6.07) is 16.8. The largest absolute Gasteiger partial charge is 0.309 e. The van der Waals surface area contributed by atoms with Crippen molar-refractivity contribution >= 4 is 23.3 Å². The molecule has 0 aliphatic rings. The van der Waals surface area contributed by atoms with E-state index in [2.05, 4.69) is 20.6 Å². The van der Waals surface area contributed by atoms with E-state index in [1.54, 1.807) is 22.9 Å². The van der Waals surface area contributed by atoms with Gasteiger partial charge in [0.15, 0.2) is 5.82 Å². The summed E-state index contributed by atoms with van der Waals surface area (Å²) in [5, 5.41) is 23.5. The van der Waals surface area contributed by atoms with Gasteiger partial charge in [0.25, 0.3) is 0 Å². The molecule has 8 heteroatoms. The van der Waals surface area contributed by atoms with Gasteiger partial charge in [-0.1, -0.05) is 80.5 Å². The smallest absolute Gasteiger partial charge is 0.225 e. The molecule has 0 bridgehead atoms. The number of carbonyl (C=O) groups is 1. The quantitative estimate of drug-likeness (QED) is 0.319. The fourth-order valence-electron chi connectivity index (χ4n) is 3.58. The van der Waals surface area contributed by atoms with Gasteiger partial charge in [-0.25, -0.2) is 4.68 Å². The summed E-state index contributed by atoms with van der Waals surface area (Å²) in [6.07, 6.45) is 9.24. The molecule has 1 amide bonds. The number of hydrogen-bond acceptors (Lipinski definition) is 5. The molecule has 7 nitrogen and oxygen atoms in total. The zero-order valence-electron chi connectivity index (χ0n) is 18.8. The van der Waals surface area contributed by atoms with E-state index in [1.165, 1.54) is 19.3 Å². The summed E-state index contributed by atoms with van der Waals surface area (Å²) < 4.78 is 1.65. The van der Waals surface area contributed by atoms with Crippen molar-refractivity contribution in [1.82, 2.24) is 20.0 Å². The average Bonchev–Trinajstić information content (AvgIpc) is 2.83. The van der Waals surface area contributed by atoms with Gasteiger partial charge in [0.2, 0.25) is 5.91 Å². The second-order valence-corrected chi connectivity index (χ2v) is 8.45. The molecule has 0 saturated heterocycles. The predicted octanol–water partition coefficient (Wildman–Crippen LogP) is 5.62. The molecule has 3 aromatic rings. The summed E-state index contributed by atoms with van der Waals surface area (Å²) in [6.45, 7) is 0.730. The van der Waals surface area contributed by atoms with E-state index in [1.807, 2.05) is 36.4 Å². The van der Waals surface area contributed by atoms with Crippen molar-refractivity contribution in [2.45, 2.75) is 64.3 Å². The van der Waals surface area contributed by atoms with Gasteiger partial charge in [0.1, 0.15) is 10.6 Å². The SMILES string of the molecule is N=c1ccc(Cl)nn1CCCCCCCCCCC(=O)Nc1ccc(-c2ccccc2)nn1. The first-order valence-electron chi connectivity index (χ1n) is 11.6. The van der Waals surface area contributed by atoms with Crippen LogP contribution in [0.1, 0.15) is 57.8 Å². The monoisotopic (exact) mass is 466 g/mol. The number of aromatic nitrogens is 4. The Labute approximate surface area is 199 Å². The van der Waals surface area contributed by atoms with Gasteiger partial charge in [0.05, 0.1) is 5.69 Å². The molecule has 0 saturated carbocycles. The third kappa shape index (κ3) is 8.77. The second kappa shape index (κ2) is 13.5. The molecule has 1 aromatic carbocycles. The van der Waals surface area contributed by atoms with Crippen LogP contribution in [0.15, 0.2) is 54.6 Å². The number of nitrogens with zero attached hydrogens (tertiary/aromatic N) is 4. The Hall–Kier alpha value is -3.06. The fourth-order valence-corrected chi connectivity index (χ4v) is 3.74. The van der Waals surface area contributed by atoms with Crippen LogP contribution in [0.4, 0.5) is 5.82 Å². The molecule has 174 valence electrons. The molecule has 2 N–H and O–H groups in total. The molecule has 0 aliphatic carbocycles. The van der Waals surface area contributed by atoms with Crippen LogP contribution in [0.5, 0.6) is 0 Å². The van der Waals surface area contributed by atoms with Crippen molar-refractivity contribution in [2.24, 2.45) is 0 Å². The molecule has 0 spiro atoms. The lowest BCUT2D eigenvalue weighted by Gasteiger charge is -2.06. The number of nitrogens with one attached hydrogen (secondary N) is 2. The van der Waals surface area contributed by atoms with E-state index in [0.717, 1.165) is 49.9 Å². The van der Waals surface area contributed by atoms with Gasteiger partial charge in [-0.05, 0) is 37.1 Å². The Morgan fingerprint density at radius 2 is 1.55 bits per heavy atom. The maximum atomic E-state index is 12.1. The Kier molecular flexibility index (Phi) is 10.0. The predicted molar refractivity (Wildman–Crippen MR) is 131 cm³/mol. The minimum absolute atomic E-state index is 0.0161. The van der Waals surface area contributed by atoms with Crippen LogP contribution in [-0.4, -0.2) is 25.9 Å². The molecule has 33 heavy (non-hydrogen) atoms. The third-order valence-corrected chi connectivity index (χ3v) is 5.60. The molecular weight excluding hydrogens is 436 g/mol. The number of unbranched alkanes of at least 4 members (excludes halogenated alkanes) is 7. The van der Waals surface area contributed by atoms with Gasteiger partial charge in [-0.15, -0.1) is 10.2 Å². The molecule has 3 rings (SSSR count). The highest BCUT2D eigenvalue weighted by Crippen LogP contribution is 2.16. The molecule has 0 aliphatic heterocycles. The van der Waals surface area contributed by atoms with Gasteiger partial charge < -0.3 is 5.32 Å². The first-order chi connectivity index (χ1) is 16.1. The van der Waals surface area contributed by atoms with Crippen LogP contribution >= 0.6 is 11.6 Å². The molecule has 0 atom stereocenters. The maximum Gasteiger partial charge on any atom is 0.225 e. The van der Waals surface area contributed by atoms with Crippen LogP contribution in [0.25, 0.3) is 11.3 Å². The molecular formula is C25H31ClN6O. The van der Waals surface area contributed by atoms with Gasteiger partial charge in [-0.3, -0.25) is 10.2 Å². The lowest BCUT2D eigenvalue weighted by Crippen LogP contribution is -2.21. The lowest BCUT2D eigenvalue weighted by atomic mass is 10.1. The number of carbonyl (C=O) groups excluding carboxylic acids is 1. The first-order valence-corrected chi connectivity index (χ1v) is 12.0. The minimum atomic E-state index is -0.0161. The highest BCUT2D eigenvalue weighted by molar-refractivity contribution is 6.29. The molecule has 0 radical (unpaired) electrons. The van der Waals surface area contributed by atoms with E-state index in [4.69, 9.17) is 17.0 Å².